The molecule has 0 radical (unpaired) electrons. The van der Waals surface area contributed by atoms with Gasteiger partial charge in [-0.15, -0.1) is 0 Å². The SMILES string of the molecule is CCN(CC)S(=O)(=O)c1ccc(NS(=O)(=O)c2ccc(OC)c(C(=O)N3CCCCCC3)c2)cc1. The van der Waals surface area contributed by atoms with Crippen molar-refractivity contribution in [2.24, 2.45) is 0 Å². The highest BCUT2D eigenvalue weighted by Crippen LogP contribution is 2.27. The highest BCUT2D eigenvalue weighted by atomic mass is 32.2. The van der Waals surface area contributed by atoms with E-state index in [0.29, 0.717) is 31.9 Å². The van der Waals surface area contributed by atoms with Crippen molar-refractivity contribution >= 4 is 31.6 Å². The summed E-state index contributed by atoms with van der Waals surface area (Å²) in [6, 6.07) is 9.72. The number of sulfonamides is 2. The van der Waals surface area contributed by atoms with Crippen molar-refractivity contribution in [3.63, 3.8) is 0 Å². The molecule has 0 unspecified atom stereocenters. The minimum absolute atomic E-state index is 0.0823. The van der Waals surface area contributed by atoms with E-state index >= 15 is 0 Å². The van der Waals surface area contributed by atoms with Crippen molar-refractivity contribution in [3.05, 3.63) is 48.0 Å². The van der Waals surface area contributed by atoms with Crippen molar-refractivity contribution in [2.45, 2.75) is 49.3 Å². The largest absolute Gasteiger partial charge is 0.496 e. The van der Waals surface area contributed by atoms with Gasteiger partial charge in [0.1, 0.15) is 5.75 Å². The van der Waals surface area contributed by atoms with Gasteiger partial charge < -0.3 is 9.64 Å². The molecular formula is C24H33N3O6S2. The van der Waals surface area contributed by atoms with E-state index in [9.17, 15) is 21.6 Å². The van der Waals surface area contributed by atoms with E-state index in [1.165, 1.54) is 53.9 Å². The fourth-order valence-corrected chi connectivity index (χ4v) is 6.63. The number of hydrogen-bond acceptors (Lipinski definition) is 6. The zero-order valence-corrected chi connectivity index (χ0v) is 22.0. The first-order chi connectivity index (χ1) is 16.6. The third-order valence-electron chi connectivity index (χ3n) is 6.05. The number of nitrogens with one attached hydrogen (secondary N) is 1. The number of methoxy groups -OCH3 is 1. The molecule has 1 amide bonds. The molecule has 0 aliphatic carbocycles. The van der Waals surface area contributed by atoms with Gasteiger partial charge in [-0.25, -0.2) is 16.8 Å². The molecule has 192 valence electrons. The van der Waals surface area contributed by atoms with Gasteiger partial charge in [-0.05, 0) is 55.3 Å². The van der Waals surface area contributed by atoms with Crippen LogP contribution in [-0.2, 0) is 20.0 Å². The Morgan fingerprint density at radius 3 is 2.03 bits per heavy atom. The quantitative estimate of drug-likeness (QED) is 0.538. The van der Waals surface area contributed by atoms with Crippen molar-refractivity contribution in [2.75, 3.05) is 38.0 Å². The van der Waals surface area contributed by atoms with Gasteiger partial charge in [-0.3, -0.25) is 9.52 Å². The molecule has 1 aliphatic rings. The van der Waals surface area contributed by atoms with E-state index in [2.05, 4.69) is 4.72 Å². The molecule has 2 aromatic rings. The molecule has 1 N–H and O–H groups in total. The molecule has 0 bridgehead atoms. The molecule has 2 aromatic carbocycles. The molecule has 3 rings (SSSR count). The summed E-state index contributed by atoms with van der Waals surface area (Å²) in [6.45, 7) is 5.43. The normalized spacial score (nSPS) is 15.0. The number of carbonyl (C=O) groups is 1. The Labute approximate surface area is 208 Å². The average molecular weight is 524 g/mol. The number of benzene rings is 2. The maximum Gasteiger partial charge on any atom is 0.261 e. The lowest BCUT2D eigenvalue weighted by Gasteiger charge is -2.22. The molecular weight excluding hydrogens is 490 g/mol. The second-order valence-electron chi connectivity index (χ2n) is 8.29. The fraction of sp³-hybridized carbons (Fsp3) is 0.458. The first kappa shape index (κ1) is 27.0. The summed E-state index contributed by atoms with van der Waals surface area (Å²) in [6.07, 6.45) is 3.95. The van der Waals surface area contributed by atoms with Crippen LogP contribution in [0.5, 0.6) is 5.75 Å². The number of likely N-dealkylation sites (tertiary alicyclic amines) is 1. The van der Waals surface area contributed by atoms with E-state index in [1.807, 2.05) is 0 Å². The van der Waals surface area contributed by atoms with Crippen LogP contribution >= 0.6 is 0 Å². The molecule has 0 aromatic heterocycles. The first-order valence-corrected chi connectivity index (χ1v) is 14.7. The van der Waals surface area contributed by atoms with Crippen LogP contribution in [-0.4, -0.2) is 65.2 Å². The number of nitrogens with zero attached hydrogens (tertiary/aromatic N) is 2. The Kier molecular flexibility index (Phi) is 8.79. The van der Waals surface area contributed by atoms with Crippen molar-refractivity contribution in [1.82, 2.24) is 9.21 Å². The standard InChI is InChI=1S/C24H33N3O6S2/c1-4-27(5-2)35(31,32)20-12-10-19(11-13-20)25-34(29,30)21-14-15-23(33-3)22(18-21)24(28)26-16-8-6-7-9-17-26/h10-15,18,25H,4-9,16-17H2,1-3H3. The number of amides is 1. The zero-order chi connectivity index (χ0) is 25.6. The monoisotopic (exact) mass is 523 g/mol. The van der Waals surface area contributed by atoms with Crippen molar-refractivity contribution < 1.29 is 26.4 Å². The van der Waals surface area contributed by atoms with Crippen LogP contribution in [0.4, 0.5) is 5.69 Å². The smallest absolute Gasteiger partial charge is 0.261 e. The van der Waals surface area contributed by atoms with Gasteiger partial charge in [-0.2, -0.15) is 4.31 Å². The molecule has 11 heteroatoms. The van der Waals surface area contributed by atoms with Crippen LogP contribution in [0.15, 0.2) is 52.3 Å². The molecule has 0 saturated carbocycles. The van der Waals surface area contributed by atoms with Gasteiger partial charge in [0.25, 0.3) is 15.9 Å². The molecule has 1 heterocycles. The van der Waals surface area contributed by atoms with Gasteiger partial charge in [0, 0.05) is 31.9 Å². The molecule has 35 heavy (non-hydrogen) atoms. The third kappa shape index (κ3) is 6.14. The Morgan fingerprint density at radius 1 is 0.914 bits per heavy atom. The van der Waals surface area contributed by atoms with Crippen LogP contribution in [0.1, 0.15) is 49.9 Å². The lowest BCUT2D eigenvalue weighted by molar-refractivity contribution is 0.0758. The van der Waals surface area contributed by atoms with Gasteiger partial charge in [0.15, 0.2) is 0 Å². The predicted octanol–water partition coefficient (Wildman–Crippen LogP) is 3.54. The van der Waals surface area contributed by atoms with E-state index in [-0.39, 0.29) is 26.9 Å². The zero-order valence-electron chi connectivity index (χ0n) is 20.4. The average Bonchev–Trinajstić information content (AvgIpc) is 3.13. The summed E-state index contributed by atoms with van der Waals surface area (Å²) in [4.78, 5) is 14.9. The summed E-state index contributed by atoms with van der Waals surface area (Å²) in [7, 11) is -6.25. The first-order valence-electron chi connectivity index (χ1n) is 11.7. The predicted molar refractivity (Wildman–Crippen MR) is 135 cm³/mol. The van der Waals surface area contributed by atoms with Crippen LogP contribution in [0, 0.1) is 0 Å². The summed E-state index contributed by atoms with van der Waals surface area (Å²) < 4.78 is 60.6. The minimum Gasteiger partial charge on any atom is -0.496 e. The third-order valence-corrected chi connectivity index (χ3v) is 9.50. The Bertz CT molecular complexity index is 1230. The van der Waals surface area contributed by atoms with Crippen LogP contribution in [0.3, 0.4) is 0 Å². The van der Waals surface area contributed by atoms with Crippen molar-refractivity contribution in [3.8, 4) is 5.75 Å². The maximum absolute atomic E-state index is 13.2. The topological polar surface area (TPSA) is 113 Å². The number of anilines is 1. The second-order valence-corrected chi connectivity index (χ2v) is 11.9. The summed E-state index contributed by atoms with van der Waals surface area (Å²) in [5, 5.41) is 0. The van der Waals surface area contributed by atoms with E-state index in [1.54, 1.807) is 18.7 Å². The summed E-state index contributed by atoms with van der Waals surface area (Å²) in [5.74, 6) is 0.0518. The van der Waals surface area contributed by atoms with Gasteiger partial charge in [-0.1, -0.05) is 26.7 Å². The molecule has 0 atom stereocenters. The summed E-state index contributed by atoms with van der Waals surface area (Å²) in [5.41, 5.74) is 0.401. The fourth-order valence-electron chi connectivity index (χ4n) is 4.09. The van der Waals surface area contributed by atoms with Gasteiger partial charge in [0.05, 0.1) is 22.5 Å². The number of hydrogen-bond donors (Lipinski definition) is 1. The second kappa shape index (κ2) is 11.4. The van der Waals surface area contributed by atoms with Crippen LogP contribution in [0.2, 0.25) is 0 Å². The highest BCUT2D eigenvalue weighted by Gasteiger charge is 2.25. The van der Waals surface area contributed by atoms with Gasteiger partial charge in [0.2, 0.25) is 10.0 Å². The number of carbonyl (C=O) groups excluding carboxylic acids is 1. The molecule has 1 aliphatic heterocycles. The summed E-state index contributed by atoms with van der Waals surface area (Å²) >= 11 is 0. The Balaban J connectivity index is 1.86. The minimum atomic E-state index is -4.04. The maximum atomic E-state index is 13.2. The molecule has 1 saturated heterocycles. The number of rotatable bonds is 9. The molecule has 9 nitrogen and oxygen atoms in total. The lowest BCUT2D eigenvalue weighted by Crippen LogP contribution is -2.32. The van der Waals surface area contributed by atoms with Crippen LogP contribution < -0.4 is 9.46 Å². The van der Waals surface area contributed by atoms with Crippen LogP contribution in [0.25, 0.3) is 0 Å². The van der Waals surface area contributed by atoms with E-state index in [0.717, 1.165) is 25.7 Å². The highest BCUT2D eigenvalue weighted by molar-refractivity contribution is 7.92. The number of ether oxygens (including phenoxy) is 1. The van der Waals surface area contributed by atoms with E-state index < -0.39 is 20.0 Å². The molecule has 0 spiro atoms. The Hall–Kier alpha value is -2.63. The van der Waals surface area contributed by atoms with Crippen molar-refractivity contribution in [1.29, 1.82) is 0 Å². The lowest BCUT2D eigenvalue weighted by atomic mass is 10.1. The Morgan fingerprint density at radius 2 is 1.49 bits per heavy atom. The molecule has 1 fully saturated rings. The van der Waals surface area contributed by atoms with Gasteiger partial charge >= 0.3 is 0 Å². The van der Waals surface area contributed by atoms with E-state index in [4.69, 9.17) is 4.74 Å².